The zero-order valence-electron chi connectivity index (χ0n) is 8.94. The molecule has 2 rings (SSSR count). The number of thiophene rings is 1. The highest BCUT2D eigenvalue weighted by Gasteiger charge is 2.39. The molecule has 1 heterocycles. The van der Waals surface area contributed by atoms with Gasteiger partial charge in [0.15, 0.2) is 0 Å². The lowest BCUT2D eigenvalue weighted by atomic mass is 10.0. The summed E-state index contributed by atoms with van der Waals surface area (Å²) in [7, 11) is -3.60. The van der Waals surface area contributed by atoms with E-state index in [4.69, 9.17) is 5.26 Å². The summed E-state index contributed by atoms with van der Waals surface area (Å²) in [6.07, 6.45) is 2.96. The maximum Gasteiger partial charge on any atom is 0.252 e. The lowest BCUT2D eigenvalue weighted by Crippen LogP contribution is -2.44. The fourth-order valence-electron chi connectivity index (χ4n) is 1.99. The van der Waals surface area contributed by atoms with E-state index in [2.05, 4.69) is 26.7 Å². The maximum absolute atomic E-state index is 12.2. The van der Waals surface area contributed by atoms with Gasteiger partial charge < -0.3 is 0 Å². The van der Waals surface area contributed by atoms with Crippen LogP contribution < -0.4 is 4.72 Å². The summed E-state index contributed by atoms with van der Waals surface area (Å²) >= 11 is 4.34. The Labute approximate surface area is 113 Å². The Morgan fingerprint density at radius 3 is 2.59 bits per heavy atom. The van der Waals surface area contributed by atoms with E-state index in [1.165, 1.54) is 0 Å². The van der Waals surface area contributed by atoms with E-state index in [1.807, 2.05) is 0 Å². The average Bonchev–Trinajstić information content (AvgIpc) is 2.87. The highest BCUT2D eigenvalue weighted by Crippen LogP contribution is 2.33. The lowest BCUT2D eigenvalue weighted by Gasteiger charge is -2.21. The standard InChI is InChI=1S/C10H11BrN2O2S2/c11-8-3-6-16-9(8)17(14,15)13-10(7-12)4-1-2-5-10/h3,6,13H,1-2,4-5H2. The predicted octanol–water partition coefficient (Wildman–Crippen LogP) is 2.63. The molecule has 92 valence electrons. The van der Waals surface area contributed by atoms with Crippen LogP contribution in [0.1, 0.15) is 25.7 Å². The highest BCUT2D eigenvalue weighted by molar-refractivity contribution is 9.10. The Kier molecular flexibility index (Phi) is 3.59. The molecule has 1 aromatic heterocycles. The Morgan fingerprint density at radius 1 is 1.47 bits per heavy atom. The second-order valence-electron chi connectivity index (χ2n) is 4.06. The molecular formula is C10H11BrN2O2S2. The number of halogens is 1. The first-order valence-corrected chi connectivity index (χ1v) is 8.33. The van der Waals surface area contributed by atoms with E-state index in [0.29, 0.717) is 17.3 Å². The highest BCUT2D eigenvalue weighted by atomic mass is 79.9. The van der Waals surface area contributed by atoms with Gasteiger partial charge in [0.25, 0.3) is 10.0 Å². The van der Waals surface area contributed by atoms with Crippen molar-refractivity contribution in [2.24, 2.45) is 0 Å². The third-order valence-corrected chi connectivity index (χ3v) is 7.04. The largest absolute Gasteiger partial charge is 0.252 e. The molecule has 1 aliphatic carbocycles. The van der Waals surface area contributed by atoms with Crippen LogP contribution in [0.5, 0.6) is 0 Å². The average molecular weight is 335 g/mol. The molecule has 0 spiro atoms. The van der Waals surface area contributed by atoms with Crippen LogP contribution in [0.2, 0.25) is 0 Å². The second kappa shape index (κ2) is 4.69. The van der Waals surface area contributed by atoms with Crippen LogP contribution in [0.15, 0.2) is 20.1 Å². The van der Waals surface area contributed by atoms with E-state index in [1.54, 1.807) is 11.4 Å². The molecule has 4 nitrogen and oxygen atoms in total. The summed E-state index contributed by atoms with van der Waals surface area (Å²) < 4.78 is 27.6. The molecule has 17 heavy (non-hydrogen) atoms. The first-order valence-electron chi connectivity index (χ1n) is 5.17. The van der Waals surface area contributed by atoms with Crippen LogP contribution >= 0.6 is 27.3 Å². The number of nitriles is 1. The third-order valence-electron chi connectivity index (χ3n) is 2.83. The Bertz CT molecular complexity index is 553. The molecule has 0 unspecified atom stereocenters. The van der Waals surface area contributed by atoms with E-state index in [0.717, 1.165) is 24.2 Å². The van der Waals surface area contributed by atoms with Crippen molar-refractivity contribution in [2.75, 3.05) is 0 Å². The van der Waals surface area contributed by atoms with Gasteiger partial charge in [0.2, 0.25) is 0 Å². The van der Waals surface area contributed by atoms with Crippen molar-refractivity contribution in [3.05, 3.63) is 15.9 Å². The van der Waals surface area contributed by atoms with Gasteiger partial charge in [-0.3, -0.25) is 0 Å². The predicted molar refractivity (Wildman–Crippen MR) is 69.2 cm³/mol. The maximum atomic E-state index is 12.2. The molecule has 7 heteroatoms. The van der Waals surface area contributed by atoms with Crippen LogP contribution in [0.4, 0.5) is 0 Å². The molecule has 1 aromatic rings. The summed E-state index contributed by atoms with van der Waals surface area (Å²) in [5, 5.41) is 10.9. The van der Waals surface area contributed by atoms with Gasteiger partial charge >= 0.3 is 0 Å². The number of rotatable bonds is 3. The molecule has 1 aliphatic rings. The number of hydrogen-bond acceptors (Lipinski definition) is 4. The van der Waals surface area contributed by atoms with Gasteiger partial charge in [-0.25, -0.2) is 8.42 Å². The van der Waals surface area contributed by atoms with Crippen LogP contribution in [-0.4, -0.2) is 14.0 Å². The molecule has 0 aromatic carbocycles. The van der Waals surface area contributed by atoms with Crippen LogP contribution in [0, 0.1) is 11.3 Å². The third kappa shape index (κ3) is 2.55. The van der Waals surface area contributed by atoms with Gasteiger partial charge in [-0.15, -0.1) is 11.3 Å². The molecule has 0 atom stereocenters. The molecule has 1 fully saturated rings. The van der Waals surface area contributed by atoms with E-state index in [9.17, 15) is 8.42 Å². The Hall–Kier alpha value is -0.420. The minimum Gasteiger partial charge on any atom is -0.206 e. The fraction of sp³-hybridized carbons (Fsp3) is 0.500. The molecule has 0 amide bonds. The summed E-state index contributed by atoms with van der Waals surface area (Å²) in [6, 6.07) is 3.80. The van der Waals surface area contributed by atoms with Crippen molar-refractivity contribution in [3.63, 3.8) is 0 Å². The van der Waals surface area contributed by atoms with E-state index < -0.39 is 15.6 Å². The molecule has 0 saturated heterocycles. The van der Waals surface area contributed by atoms with Gasteiger partial charge in [-0.2, -0.15) is 9.98 Å². The monoisotopic (exact) mass is 334 g/mol. The summed E-state index contributed by atoms with van der Waals surface area (Å²) in [6.45, 7) is 0. The van der Waals surface area contributed by atoms with Crippen molar-refractivity contribution in [3.8, 4) is 6.07 Å². The Balaban J connectivity index is 2.30. The Morgan fingerprint density at radius 2 is 2.12 bits per heavy atom. The normalized spacial score (nSPS) is 19.1. The minimum atomic E-state index is -3.60. The molecule has 0 bridgehead atoms. The number of sulfonamides is 1. The first-order chi connectivity index (χ1) is 7.99. The van der Waals surface area contributed by atoms with Crippen molar-refractivity contribution in [2.45, 2.75) is 35.4 Å². The van der Waals surface area contributed by atoms with Gasteiger partial charge in [0, 0.05) is 4.47 Å². The lowest BCUT2D eigenvalue weighted by molar-refractivity contribution is 0.486. The van der Waals surface area contributed by atoms with E-state index >= 15 is 0 Å². The number of nitrogens with zero attached hydrogens (tertiary/aromatic N) is 1. The van der Waals surface area contributed by atoms with Gasteiger partial charge in [0.1, 0.15) is 9.75 Å². The molecule has 0 radical (unpaired) electrons. The van der Waals surface area contributed by atoms with Crippen molar-refractivity contribution in [1.29, 1.82) is 5.26 Å². The molecule has 1 N–H and O–H groups in total. The number of hydrogen-bond donors (Lipinski definition) is 1. The zero-order valence-corrected chi connectivity index (χ0v) is 12.2. The smallest absolute Gasteiger partial charge is 0.206 e. The molecule has 0 aliphatic heterocycles. The van der Waals surface area contributed by atoms with Crippen LogP contribution in [0.25, 0.3) is 0 Å². The van der Waals surface area contributed by atoms with Crippen molar-refractivity contribution >= 4 is 37.3 Å². The summed E-state index contributed by atoms with van der Waals surface area (Å²) in [5.74, 6) is 0. The summed E-state index contributed by atoms with van der Waals surface area (Å²) in [4.78, 5) is 0. The molecular weight excluding hydrogens is 324 g/mol. The van der Waals surface area contributed by atoms with E-state index in [-0.39, 0.29) is 4.21 Å². The van der Waals surface area contributed by atoms with Gasteiger partial charge in [0.05, 0.1) is 6.07 Å². The van der Waals surface area contributed by atoms with Crippen molar-refractivity contribution in [1.82, 2.24) is 4.72 Å². The molecule has 1 saturated carbocycles. The van der Waals surface area contributed by atoms with Crippen LogP contribution in [-0.2, 0) is 10.0 Å². The number of nitrogens with one attached hydrogen (secondary N) is 1. The van der Waals surface area contributed by atoms with Gasteiger partial charge in [-0.1, -0.05) is 12.8 Å². The first kappa shape index (κ1) is 13.0. The summed E-state index contributed by atoms with van der Waals surface area (Å²) in [5.41, 5.74) is -0.914. The SMILES string of the molecule is N#CC1(NS(=O)(=O)c2sccc2Br)CCCC1. The minimum absolute atomic E-state index is 0.235. The second-order valence-corrected chi connectivity index (χ2v) is 7.71. The van der Waals surface area contributed by atoms with Gasteiger partial charge in [-0.05, 0) is 40.2 Å². The topological polar surface area (TPSA) is 70.0 Å². The van der Waals surface area contributed by atoms with Crippen molar-refractivity contribution < 1.29 is 8.42 Å². The fourth-order valence-corrected chi connectivity index (χ4v) is 5.71. The van der Waals surface area contributed by atoms with Crippen LogP contribution in [0.3, 0.4) is 0 Å². The quantitative estimate of drug-likeness (QED) is 0.923. The zero-order chi connectivity index (χ0) is 12.5.